The first kappa shape index (κ1) is 17.3. The van der Waals surface area contributed by atoms with Crippen molar-refractivity contribution in [3.05, 3.63) is 63.5 Å². The second-order valence-corrected chi connectivity index (χ2v) is 6.20. The Balaban J connectivity index is 2.02. The molecule has 0 spiro atoms. The zero-order chi connectivity index (χ0) is 18.1. The fraction of sp³-hybridized carbons (Fsp3) is 0.118. The summed E-state index contributed by atoms with van der Waals surface area (Å²) in [5, 5.41) is 12.3. The molecule has 25 heavy (non-hydrogen) atoms. The van der Waals surface area contributed by atoms with Crippen molar-refractivity contribution in [1.82, 2.24) is 9.38 Å². The summed E-state index contributed by atoms with van der Waals surface area (Å²) in [6.07, 6.45) is 1.53. The molecule has 2 heterocycles. The Kier molecular flexibility index (Phi) is 4.65. The lowest BCUT2D eigenvalue weighted by Crippen LogP contribution is -2.14. The third-order valence-corrected chi connectivity index (χ3v) is 4.34. The van der Waals surface area contributed by atoms with Crippen LogP contribution in [0.4, 0.5) is 5.69 Å². The number of carboxylic acids is 1. The Morgan fingerprint density at radius 2 is 1.88 bits per heavy atom. The number of imidazole rings is 1. The maximum absolute atomic E-state index is 12.6. The van der Waals surface area contributed by atoms with Gasteiger partial charge in [-0.25, -0.2) is 4.98 Å². The number of halogens is 2. The average molecular weight is 378 g/mol. The van der Waals surface area contributed by atoms with Gasteiger partial charge in [0.2, 0.25) is 0 Å². The fourth-order valence-electron chi connectivity index (χ4n) is 2.58. The number of anilines is 1. The number of pyridine rings is 1. The fourth-order valence-corrected chi connectivity index (χ4v) is 3.15. The van der Waals surface area contributed by atoms with Gasteiger partial charge in [-0.05, 0) is 31.2 Å². The Bertz CT molecular complexity index is 978. The highest BCUT2D eigenvalue weighted by molar-refractivity contribution is 6.40. The van der Waals surface area contributed by atoms with Crippen molar-refractivity contribution in [3.8, 4) is 0 Å². The second kappa shape index (κ2) is 6.74. The molecular formula is C17H13Cl2N3O3. The molecule has 1 aromatic carbocycles. The number of carbonyl (C=O) groups excluding carboxylic acids is 1. The van der Waals surface area contributed by atoms with E-state index >= 15 is 0 Å². The van der Waals surface area contributed by atoms with Crippen LogP contribution in [0.25, 0.3) is 5.65 Å². The molecule has 0 unspecified atom stereocenters. The molecule has 0 aliphatic heterocycles. The minimum absolute atomic E-state index is 0.166. The van der Waals surface area contributed by atoms with Crippen molar-refractivity contribution < 1.29 is 14.7 Å². The van der Waals surface area contributed by atoms with E-state index in [1.807, 2.05) is 0 Å². The molecule has 0 aliphatic rings. The van der Waals surface area contributed by atoms with Crippen LogP contribution in [0.15, 0.2) is 36.5 Å². The highest BCUT2D eigenvalue weighted by Gasteiger charge is 2.18. The Morgan fingerprint density at radius 1 is 1.20 bits per heavy atom. The number of nitrogens with zero attached hydrogens (tertiary/aromatic N) is 2. The third-order valence-electron chi connectivity index (χ3n) is 3.71. The van der Waals surface area contributed by atoms with Crippen LogP contribution in [0.3, 0.4) is 0 Å². The summed E-state index contributed by atoms with van der Waals surface area (Å²) in [7, 11) is 0. The van der Waals surface area contributed by atoms with E-state index < -0.39 is 11.9 Å². The minimum atomic E-state index is -0.956. The molecule has 2 aromatic heterocycles. The molecule has 0 atom stereocenters. The van der Waals surface area contributed by atoms with E-state index in [0.717, 1.165) is 0 Å². The number of rotatable bonds is 4. The first-order valence-electron chi connectivity index (χ1n) is 7.32. The third kappa shape index (κ3) is 3.31. The van der Waals surface area contributed by atoms with Crippen LogP contribution in [0.5, 0.6) is 0 Å². The van der Waals surface area contributed by atoms with Gasteiger partial charge in [-0.15, -0.1) is 0 Å². The Morgan fingerprint density at radius 3 is 2.52 bits per heavy atom. The van der Waals surface area contributed by atoms with Crippen molar-refractivity contribution in [1.29, 1.82) is 0 Å². The number of hydrogen-bond acceptors (Lipinski definition) is 3. The number of aliphatic carboxylic acids is 1. The number of carboxylic acid groups (broad SMARTS) is 1. The summed E-state index contributed by atoms with van der Waals surface area (Å²) < 4.78 is 1.65. The van der Waals surface area contributed by atoms with Crippen LogP contribution < -0.4 is 5.32 Å². The van der Waals surface area contributed by atoms with Gasteiger partial charge in [0.1, 0.15) is 0 Å². The normalized spacial score (nSPS) is 10.8. The van der Waals surface area contributed by atoms with Gasteiger partial charge in [0.15, 0.2) is 5.65 Å². The van der Waals surface area contributed by atoms with E-state index in [1.165, 1.54) is 0 Å². The summed E-state index contributed by atoms with van der Waals surface area (Å²) in [6, 6.07) is 8.18. The van der Waals surface area contributed by atoms with Crippen molar-refractivity contribution in [2.24, 2.45) is 0 Å². The second-order valence-electron chi connectivity index (χ2n) is 5.38. The summed E-state index contributed by atoms with van der Waals surface area (Å²) in [6.45, 7) is 1.72. The minimum Gasteiger partial charge on any atom is -0.481 e. The molecule has 0 saturated carbocycles. The topological polar surface area (TPSA) is 83.7 Å². The molecule has 0 bridgehead atoms. The molecule has 2 N–H and O–H groups in total. The first-order chi connectivity index (χ1) is 11.9. The first-order valence-corrected chi connectivity index (χ1v) is 8.07. The van der Waals surface area contributed by atoms with E-state index in [0.29, 0.717) is 22.7 Å². The van der Waals surface area contributed by atoms with Gasteiger partial charge < -0.3 is 14.8 Å². The van der Waals surface area contributed by atoms with Gasteiger partial charge in [-0.1, -0.05) is 29.3 Å². The maximum atomic E-state index is 12.6. The molecule has 0 fully saturated rings. The molecule has 1 amide bonds. The van der Waals surface area contributed by atoms with E-state index in [-0.39, 0.29) is 22.0 Å². The van der Waals surface area contributed by atoms with Crippen LogP contribution in [0.2, 0.25) is 10.0 Å². The Hall–Kier alpha value is -2.57. The largest absolute Gasteiger partial charge is 0.481 e. The van der Waals surface area contributed by atoms with Crippen molar-refractivity contribution in [2.75, 3.05) is 5.32 Å². The van der Waals surface area contributed by atoms with E-state index in [2.05, 4.69) is 10.3 Å². The van der Waals surface area contributed by atoms with Crippen molar-refractivity contribution in [2.45, 2.75) is 13.3 Å². The summed E-state index contributed by atoms with van der Waals surface area (Å²) >= 11 is 12.1. The number of hydrogen-bond donors (Lipinski definition) is 2. The smallest absolute Gasteiger partial charge is 0.309 e. The van der Waals surface area contributed by atoms with E-state index in [4.69, 9.17) is 28.3 Å². The van der Waals surface area contributed by atoms with Crippen LogP contribution in [-0.2, 0) is 11.2 Å². The van der Waals surface area contributed by atoms with Gasteiger partial charge in [-0.2, -0.15) is 0 Å². The van der Waals surface area contributed by atoms with E-state index in [1.54, 1.807) is 47.9 Å². The van der Waals surface area contributed by atoms with Crippen molar-refractivity contribution in [3.63, 3.8) is 0 Å². The summed E-state index contributed by atoms with van der Waals surface area (Å²) in [4.78, 5) is 28.0. The zero-order valence-electron chi connectivity index (χ0n) is 13.1. The van der Waals surface area contributed by atoms with E-state index in [9.17, 15) is 9.59 Å². The molecule has 3 aromatic rings. The number of amides is 1. The highest BCUT2D eigenvalue weighted by Crippen LogP contribution is 2.27. The molecular weight excluding hydrogens is 365 g/mol. The van der Waals surface area contributed by atoms with Gasteiger partial charge in [-0.3, -0.25) is 9.59 Å². The molecule has 6 nitrogen and oxygen atoms in total. The lowest BCUT2D eigenvalue weighted by Gasteiger charge is -2.09. The van der Waals surface area contributed by atoms with Crippen LogP contribution >= 0.6 is 23.2 Å². The number of fused-ring (bicyclic) bond motifs is 1. The molecule has 0 radical (unpaired) electrons. The lowest BCUT2D eigenvalue weighted by molar-refractivity contribution is -0.136. The predicted molar refractivity (Wildman–Crippen MR) is 95.7 cm³/mol. The van der Waals surface area contributed by atoms with Gasteiger partial charge in [0.05, 0.1) is 39.1 Å². The zero-order valence-corrected chi connectivity index (χ0v) is 14.6. The SMILES string of the molecule is Cc1nc2c(NC(=O)c3c(Cl)cccc3Cl)cccn2c1CC(=O)O. The van der Waals surface area contributed by atoms with Crippen LogP contribution in [-0.4, -0.2) is 26.4 Å². The van der Waals surface area contributed by atoms with Crippen LogP contribution in [0, 0.1) is 6.92 Å². The summed E-state index contributed by atoms with van der Waals surface area (Å²) in [5.41, 5.74) is 2.19. The number of benzene rings is 1. The average Bonchev–Trinajstić information content (AvgIpc) is 2.84. The highest BCUT2D eigenvalue weighted by atomic mass is 35.5. The number of nitrogens with one attached hydrogen (secondary N) is 1. The monoisotopic (exact) mass is 377 g/mol. The number of carbonyl (C=O) groups is 2. The predicted octanol–water partition coefficient (Wildman–Crippen LogP) is 3.83. The molecule has 8 heteroatoms. The molecule has 0 saturated heterocycles. The van der Waals surface area contributed by atoms with Crippen LogP contribution in [0.1, 0.15) is 21.7 Å². The molecule has 128 valence electrons. The maximum Gasteiger partial charge on any atom is 0.309 e. The van der Waals surface area contributed by atoms with Crippen molar-refractivity contribution >= 4 is 46.4 Å². The number of aryl methyl sites for hydroxylation is 1. The van der Waals surface area contributed by atoms with Gasteiger partial charge in [0, 0.05) is 6.20 Å². The van der Waals surface area contributed by atoms with Gasteiger partial charge in [0.25, 0.3) is 5.91 Å². The lowest BCUT2D eigenvalue weighted by atomic mass is 10.2. The number of aromatic nitrogens is 2. The molecule has 0 aliphatic carbocycles. The standard InChI is InChI=1S/C17H13Cl2N3O3/c1-9-13(8-14(23)24)22-7-3-6-12(16(22)20-9)21-17(25)15-10(18)4-2-5-11(15)19/h2-7H,8H2,1H3,(H,21,25)(H,23,24). The summed E-state index contributed by atoms with van der Waals surface area (Å²) in [5.74, 6) is -1.42. The van der Waals surface area contributed by atoms with Gasteiger partial charge >= 0.3 is 5.97 Å². The quantitative estimate of drug-likeness (QED) is 0.723. The Labute approximate surface area is 153 Å². The molecule has 3 rings (SSSR count).